The van der Waals surface area contributed by atoms with E-state index in [0.29, 0.717) is 22.0 Å². The largest absolute Gasteiger partial charge is 0.485 e. The van der Waals surface area contributed by atoms with Crippen molar-refractivity contribution in [3.05, 3.63) is 53.1 Å². The van der Waals surface area contributed by atoms with E-state index in [0.717, 1.165) is 0 Å². The maximum Gasteiger partial charge on any atom is 0.238 e. The summed E-state index contributed by atoms with van der Waals surface area (Å²) in [6, 6.07) is 9.85. The van der Waals surface area contributed by atoms with Crippen LogP contribution in [0.25, 0.3) is 0 Å². The van der Waals surface area contributed by atoms with E-state index >= 15 is 0 Å². The normalized spacial score (nSPS) is 20.5. The molecule has 0 saturated heterocycles. The van der Waals surface area contributed by atoms with Crippen molar-refractivity contribution < 1.29 is 18.3 Å². The van der Waals surface area contributed by atoms with Crippen molar-refractivity contribution in [3.8, 4) is 11.9 Å². The van der Waals surface area contributed by atoms with E-state index in [4.69, 9.17) is 26.7 Å². The van der Waals surface area contributed by atoms with Crippen LogP contribution in [0.5, 0.6) is 5.75 Å². The average Bonchev–Trinajstić information content (AvgIpc) is 2.66. The van der Waals surface area contributed by atoms with Gasteiger partial charge in [0.15, 0.2) is 6.19 Å². The van der Waals surface area contributed by atoms with Crippen molar-refractivity contribution in [2.75, 3.05) is 5.32 Å². The second-order valence-corrected chi connectivity index (χ2v) is 9.18. The Balaban J connectivity index is 2.08. The standard InChI is InChI=1S/C19H20ClN5O4S/c1-19(2)17(26)16(14-9-13(30(22,27)28)7-8-15(14)29-19)25-18(23-10-21)24-12-5-3-11(20)4-6-12/h3-9,16-17,26H,1-2H3,(H2,22,27,28)(H2,23,24,25)/t16-,17+/m1/s1. The number of hydrogen-bond acceptors (Lipinski definition) is 6. The zero-order valence-electron chi connectivity index (χ0n) is 16.1. The summed E-state index contributed by atoms with van der Waals surface area (Å²) in [5.41, 5.74) is -0.105. The molecule has 0 spiro atoms. The minimum Gasteiger partial charge on any atom is -0.485 e. The van der Waals surface area contributed by atoms with Crippen LogP contribution in [0.15, 0.2) is 52.4 Å². The third-order valence-electron chi connectivity index (χ3n) is 4.56. The SMILES string of the molecule is CC1(C)Oc2ccc(S(N)(=O)=O)cc2[C@@H](N=C(NC#N)Nc2ccc(Cl)cc2)[C@@H]1O. The highest BCUT2D eigenvalue weighted by atomic mass is 35.5. The fourth-order valence-corrected chi connectivity index (χ4v) is 3.69. The summed E-state index contributed by atoms with van der Waals surface area (Å²) in [6.45, 7) is 3.36. The van der Waals surface area contributed by atoms with E-state index in [1.165, 1.54) is 18.2 Å². The van der Waals surface area contributed by atoms with Crippen LogP contribution in [0.4, 0.5) is 5.69 Å². The third kappa shape index (κ3) is 4.66. The van der Waals surface area contributed by atoms with Gasteiger partial charge >= 0.3 is 0 Å². The van der Waals surface area contributed by atoms with Gasteiger partial charge in [-0.1, -0.05) is 11.6 Å². The van der Waals surface area contributed by atoms with Gasteiger partial charge in [-0.2, -0.15) is 5.26 Å². The zero-order chi connectivity index (χ0) is 22.1. The Morgan fingerprint density at radius 3 is 2.57 bits per heavy atom. The van der Waals surface area contributed by atoms with Gasteiger partial charge in [0.2, 0.25) is 16.0 Å². The Hall–Kier alpha value is -2.84. The van der Waals surface area contributed by atoms with Gasteiger partial charge in [-0.3, -0.25) is 5.32 Å². The fraction of sp³-hybridized carbons (Fsp3) is 0.263. The lowest BCUT2D eigenvalue weighted by Gasteiger charge is -2.40. The zero-order valence-corrected chi connectivity index (χ0v) is 17.7. The predicted octanol–water partition coefficient (Wildman–Crippen LogP) is 2.10. The number of hydrogen-bond donors (Lipinski definition) is 4. The van der Waals surface area contributed by atoms with Crippen LogP contribution >= 0.6 is 11.6 Å². The number of benzene rings is 2. The molecule has 9 nitrogen and oxygen atoms in total. The number of guanidine groups is 1. The van der Waals surface area contributed by atoms with E-state index in [9.17, 15) is 13.5 Å². The van der Waals surface area contributed by atoms with Crippen LogP contribution in [0.3, 0.4) is 0 Å². The van der Waals surface area contributed by atoms with Crippen molar-refractivity contribution in [2.45, 2.75) is 36.5 Å². The molecule has 2 atom stereocenters. The number of nitrogens with two attached hydrogens (primary N) is 1. The highest BCUT2D eigenvalue weighted by molar-refractivity contribution is 7.89. The van der Waals surface area contributed by atoms with Gasteiger partial charge in [-0.25, -0.2) is 18.5 Å². The molecule has 2 aromatic carbocycles. The van der Waals surface area contributed by atoms with Crippen molar-refractivity contribution >= 4 is 33.3 Å². The summed E-state index contributed by atoms with van der Waals surface area (Å²) in [5.74, 6) is 0.405. The number of aliphatic hydroxyl groups excluding tert-OH is 1. The van der Waals surface area contributed by atoms with Crippen molar-refractivity contribution in [1.29, 1.82) is 5.26 Å². The van der Waals surface area contributed by atoms with Gasteiger partial charge in [-0.05, 0) is 56.3 Å². The first kappa shape index (κ1) is 21.9. The molecular formula is C19H20ClN5O4S. The first-order valence-corrected chi connectivity index (χ1v) is 10.7. The van der Waals surface area contributed by atoms with Crippen molar-refractivity contribution in [3.63, 3.8) is 0 Å². The molecule has 2 aromatic rings. The number of sulfonamides is 1. The average molecular weight is 450 g/mol. The lowest BCUT2D eigenvalue weighted by atomic mass is 9.87. The van der Waals surface area contributed by atoms with Crippen LogP contribution in [0, 0.1) is 11.5 Å². The quantitative estimate of drug-likeness (QED) is 0.242. The lowest BCUT2D eigenvalue weighted by Crippen LogP contribution is -2.49. The number of anilines is 1. The molecule has 1 aliphatic heterocycles. The molecule has 0 aromatic heterocycles. The van der Waals surface area contributed by atoms with Crippen molar-refractivity contribution in [1.82, 2.24) is 5.32 Å². The summed E-state index contributed by atoms with van der Waals surface area (Å²) in [7, 11) is -3.98. The minimum absolute atomic E-state index is 0.0496. The Morgan fingerprint density at radius 1 is 1.30 bits per heavy atom. The van der Waals surface area contributed by atoms with Crippen LogP contribution < -0.4 is 20.5 Å². The molecule has 5 N–H and O–H groups in total. The van der Waals surface area contributed by atoms with Gasteiger partial charge < -0.3 is 15.2 Å². The fourth-order valence-electron chi connectivity index (χ4n) is 3.02. The summed E-state index contributed by atoms with van der Waals surface area (Å²) >= 11 is 5.89. The summed E-state index contributed by atoms with van der Waals surface area (Å²) < 4.78 is 29.4. The maximum absolute atomic E-state index is 11.8. The van der Waals surface area contributed by atoms with Crippen molar-refractivity contribution in [2.24, 2.45) is 10.1 Å². The number of nitrogens with one attached hydrogen (secondary N) is 2. The van der Waals surface area contributed by atoms with Gasteiger partial charge in [0.05, 0.1) is 4.90 Å². The molecule has 0 radical (unpaired) electrons. The molecule has 30 heavy (non-hydrogen) atoms. The van der Waals surface area contributed by atoms with Crippen LogP contribution in [0.2, 0.25) is 5.02 Å². The van der Waals surface area contributed by atoms with E-state index in [-0.39, 0.29) is 10.9 Å². The molecule has 0 amide bonds. The number of nitriles is 1. The Morgan fingerprint density at radius 2 is 1.97 bits per heavy atom. The lowest BCUT2D eigenvalue weighted by molar-refractivity contribution is -0.0568. The molecule has 1 aliphatic rings. The predicted molar refractivity (Wildman–Crippen MR) is 113 cm³/mol. The Kier molecular flexibility index (Phi) is 5.92. The molecular weight excluding hydrogens is 430 g/mol. The molecule has 11 heteroatoms. The molecule has 0 unspecified atom stereocenters. The first-order chi connectivity index (χ1) is 14.0. The summed E-state index contributed by atoms with van der Waals surface area (Å²) in [4.78, 5) is 4.32. The smallest absolute Gasteiger partial charge is 0.238 e. The van der Waals surface area contributed by atoms with Gasteiger partial charge in [0.25, 0.3) is 0 Å². The number of rotatable bonds is 3. The number of fused-ring (bicyclic) bond motifs is 1. The number of aliphatic hydroxyl groups is 1. The number of nitrogens with zero attached hydrogens (tertiary/aromatic N) is 2. The molecule has 158 valence electrons. The maximum atomic E-state index is 11.8. The monoisotopic (exact) mass is 449 g/mol. The molecule has 3 rings (SSSR count). The molecule has 0 bridgehead atoms. The minimum atomic E-state index is -3.98. The summed E-state index contributed by atoms with van der Waals surface area (Å²) in [5, 5.41) is 31.2. The number of ether oxygens (including phenoxy) is 1. The number of primary sulfonamides is 1. The van der Waals surface area contributed by atoms with E-state index in [1.807, 2.05) is 0 Å². The van der Waals surface area contributed by atoms with Crippen LogP contribution in [-0.2, 0) is 10.0 Å². The van der Waals surface area contributed by atoms with Crippen LogP contribution in [0.1, 0.15) is 25.5 Å². The Labute approximate surface area is 179 Å². The van der Waals surface area contributed by atoms with Gasteiger partial charge in [0, 0.05) is 16.3 Å². The molecule has 0 aliphatic carbocycles. The van der Waals surface area contributed by atoms with E-state index in [2.05, 4.69) is 15.6 Å². The second kappa shape index (κ2) is 8.12. The number of aliphatic imine (C=N–C) groups is 1. The highest BCUT2D eigenvalue weighted by Crippen LogP contribution is 2.42. The first-order valence-electron chi connectivity index (χ1n) is 8.80. The highest BCUT2D eigenvalue weighted by Gasteiger charge is 2.43. The van der Waals surface area contributed by atoms with Gasteiger partial charge in [-0.15, -0.1) is 0 Å². The third-order valence-corrected chi connectivity index (χ3v) is 5.73. The second-order valence-electron chi connectivity index (χ2n) is 7.19. The summed E-state index contributed by atoms with van der Waals surface area (Å²) in [6.07, 6.45) is 0.636. The van der Waals surface area contributed by atoms with E-state index < -0.39 is 27.8 Å². The molecule has 0 fully saturated rings. The van der Waals surface area contributed by atoms with Gasteiger partial charge in [0.1, 0.15) is 23.5 Å². The topological polar surface area (TPSA) is 150 Å². The molecule has 1 heterocycles. The van der Waals surface area contributed by atoms with E-state index in [1.54, 1.807) is 44.3 Å². The van der Waals surface area contributed by atoms with Crippen LogP contribution in [-0.4, -0.2) is 31.2 Å². The number of halogens is 1. The molecule has 0 saturated carbocycles. The Bertz CT molecular complexity index is 1130.